The fourth-order valence-electron chi connectivity index (χ4n) is 3.30. The van der Waals surface area contributed by atoms with Gasteiger partial charge in [-0.25, -0.2) is 9.69 Å². The molecular formula is C21H22F3N3O2. The number of anilines is 1. The van der Waals surface area contributed by atoms with Crippen molar-refractivity contribution in [2.45, 2.75) is 32.6 Å². The summed E-state index contributed by atoms with van der Waals surface area (Å²) in [6.07, 6.45) is -4.38. The van der Waals surface area contributed by atoms with Gasteiger partial charge in [0.25, 0.3) is 5.91 Å². The number of nitrogens with zero attached hydrogens (tertiary/aromatic N) is 3. The van der Waals surface area contributed by atoms with Crippen molar-refractivity contribution in [2.24, 2.45) is 0 Å². The Balaban J connectivity index is 1.68. The lowest BCUT2D eigenvalue weighted by atomic mass is 10.1. The molecular weight excluding hydrogens is 383 g/mol. The van der Waals surface area contributed by atoms with E-state index in [0.29, 0.717) is 17.8 Å². The molecule has 1 fully saturated rings. The Hall–Kier alpha value is -2.87. The Bertz CT molecular complexity index is 895. The maximum atomic E-state index is 12.8. The van der Waals surface area contributed by atoms with Crippen LogP contribution >= 0.6 is 0 Å². The van der Waals surface area contributed by atoms with Crippen LogP contribution in [0.15, 0.2) is 48.5 Å². The lowest BCUT2D eigenvalue weighted by Gasteiger charge is -2.23. The average molecular weight is 405 g/mol. The number of carbonyl (C=O) groups excluding carboxylic acids is 2. The third-order valence-electron chi connectivity index (χ3n) is 4.88. The first kappa shape index (κ1) is 20.9. The van der Waals surface area contributed by atoms with Gasteiger partial charge in [-0.15, -0.1) is 0 Å². The first-order chi connectivity index (χ1) is 13.6. The molecule has 29 heavy (non-hydrogen) atoms. The highest BCUT2D eigenvalue weighted by Gasteiger charge is 2.43. The van der Waals surface area contributed by atoms with Crippen LogP contribution in [0.4, 0.5) is 23.7 Å². The number of benzene rings is 2. The minimum Gasteiger partial charge on any atom is -0.284 e. The van der Waals surface area contributed by atoms with Crippen LogP contribution in [0.5, 0.6) is 0 Å². The third kappa shape index (κ3) is 4.42. The second-order valence-corrected chi connectivity index (χ2v) is 7.28. The van der Waals surface area contributed by atoms with E-state index in [1.807, 2.05) is 19.1 Å². The maximum Gasteiger partial charge on any atom is 0.416 e. The van der Waals surface area contributed by atoms with Crippen LogP contribution < -0.4 is 4.90 Å². The zero-order valence-electron chi connectivity index (χ0n) is 16.4. The second kappa shape index (κ2) is 7.87. The SMILES string of the molecule is Cc1ccc(N2C(=O)N(CN(C)Cc3ccc(C(F)(F)F)cc3)C(=O)[C@@H]2C)cc1. The number of rotatable bonds is 5. The van der Waals surface area contributed by atoms with E-state index in [2.05, 4.69) is 0 Å². The lowest BCUT2D eigenvalue weighted by Crippen LogP contribution is -2.40. The van der Waals surface area contributed by atoms with Crippen molar-refractivity contribution in [1.29, 1.82) is 0 Å². The molecule has 154 valence electrons. The smallest absolute Gasteiger partial charge is 0.284 e. The van der Waals surface area contributed by atoms with Gasteiger partial charge in [0.1, 0.15) is 6.04 Å². The molecule has 2 aromatic rings. The number of aryl methyl sites for hydroxylation is 1. The monoisotopic (exact) mass is 405 g/mol. The molecule has 0 aliphatic carbocycles. The van der Waals surface area contributed by atoms with E-state index in [1.54, 1.807) is 31.0 Å². The van der Waals surface area contributed by atoms with Gasteiger partial charge in [0.05, 0.1) is 12.2 Å². The zero-order valence-corrected chi connectivity index (χ0v) is 16.4. The van der Waals surface area contributed by atoms with E-state index in [4.69, 9.17) is 0 Å². The Labute approximate surface area is 167 Å². The summed E-state index contributed by atoms with van der Waals surface area (Å²) < 4.78 is 38.0. The predicted octanol–water partition coefficient (Wildman–Crippen LogP) is 4.26. The van der Waals surface area contributed by atoms with Gasteiger partial charge >= 0.3 is 12.2 Å². The summed E-state index contributed by atoms with van der Waals surface area (Å²) in [6, 6.07) is 11.2. The van der Waals surface area contributed by atoms with E-state index in [1.165, 1.54) is 17.0 Å². The second-order valence-electron chi connectivity index (χ2n) is 7.28. The quantitative estimate of drug-likeness (QED) is 0.699. The van der Waals surface area contributed by atoms with Gasteiger partial charge in [0, 0.05) is 12.2 Å². The van der Waals surface area contributed by atoms with E-state index in [0.717, 1.165) is 22.6 Å². The van der Waals surface area contributed by atoms with Crippen molar-refractivity contribution in [3.8, 4) is 0 Å². The summed E-state index contributed by atoms with van der Waals surface area (Å²) in [5, 5.41) is 0. The Morgan fingerprint density at radius 1 is 1.00 bits per heavy atom. The molecule has 0 radical (unpaired) electrons. The van der Waals surface area contributed by atoms with E-state index >= 15 is 0 Å². The molecule has 0 N–H and O–H groups in total. The molecule has 0 saturated carbocycles. The molecule has 5 nitrogen and oxygen atoms in total. The van der Waals surface area contributed by atoms with Gasteiger partial charge in [0.15, 0.2) is 0 Å². The highest BCUT2D eigenvalue weighted by atomic mass is 19.4. The highest BCUT2D eigenvalue weighted by molar-refractivity contribution is 6.14. The van der Waals surface area contributed by atoms with Crippen molar-refractivity contribution in [3.63, 3.8) is 0 Å². The van der Waals surface area contributed by atoms with Gasteiger partial charge < -0.3 is 0 Å². The lowest BCUT2D eigenvalue weighted by molar-refractivity contribution is -0.137. The number of urea groups is 1. The van der Waals surface area contributed by atoms with E-state index < -0.39 is 23.8 Å². The van der Waals surface area contributed by atoms with Crippen molar-refractivity contribution in [1.82, 2.24) is 9.80 Å². The van der Waals surface area contributed by atoms with Gasteiger partial charge in [-0.05, 0) is 50.7 Å². The molecule has 1 atom stereocenters. The molecule has 1 heterocycles. The summed E-state index contributed by atoms with van der Waals surface area (Å²) >= 11 is 0. The molecule has 2 aromatic carbocycles. The molecule has 8 heteroatoms. The van der Waals surface area contributed by atoms with Gasteiger partial charge in [-0.1, -0.05) is 29.8 Å². The number of imide groups is 1. The van der Waals surface area contributed by atoms with Gasteiger partial charge in [-0.2, -0.15) is 13.2 Å². The van der Waals surface area contributed by atoms with Crippen LogP contribution in [0.3, 0.4) is 0 Å². The number of hydrogen-bond acceptors (Lipinski definition) is 3. The van der Waals surface area contributed by atoms with Gasteiger partial charge in [0.2, 0.25) is 0 Å². The standard InChI is InChI=1S/C21H22F3N3O2/c1-14-4-10-18(11-5-14)27-15(2)19(28)26(20(27)29)13-25(3)12-16-6-8-17(9-7-16)21(22,23)24/h4-11,15H,12-13H2,1-3H3/t15-/m0/s1. The minimum atomic E-state index is -4.38. The number of carbonyl (C=O) groups is 2. The van der Waals surface area contributed by atoms with Crippen LogP contribution in [0.1, 0.15) is 23.6 Å². The summed E-state index contributed by atoms with van der Waals surface area (Å²) in [6.45, 7) is 3.96. The van der Waals surface area contributed by atoms with Crippen molar-refractivity contribution in [3.05, 3.63) is 65.2 Å². The Kier molecular flexibility index (Phi) is 5.66. The Morgan fingerprint density at radius 2 is 1.59 bits per heavy atom. The summed E-state index contributed by atoms with van der Waals surface area (Å²) in [4.78, 5) is 29.8. The predicted molar refractivity (Wildman–Crippen MR) is 103 cm³/mol. The molecule has 0 unspecified atom stereocenters. The maximum absolute atomic E-state index is 12.8. The highest BCUT2D eigenvalue weighted by Crippen LogP contribution is 2.29. The molecule has 0 spiro atoms. The molecule has 3 rings (SSSR count). The van der Waals surface area contributed by atoms with Crippen molar-refractivity contribution >= 4 is 17.6 Å². The van der Waals surface area contributed by atoms with Crippen LogP contribution in [-0.4, -0.2) is 41.5 Å². The van der Waals surface area contributed by atoms with Crippen LogP contribution in [0.25, 0.3) is 0 Å². The van der Waals surface area contributed by atoms with E-state index in [9.17, 15) is 22.8 Å². The summed E-state index contributed by atoms with van der Waals surface area (Å²) in [7, 11) is 1.71. The summed E-state index contributed by atoms with van der Waals surface area (Å²) in [5.41, 5.74) is 1.64. The fraction of sp³-hybridized carbons (Fsp3) is 0.333. The van der Waals surface area contributed by atoms with Crippen molar-refractivity contribution < 1.29 is 22.8 Å². The number of amides is 3. The average Bonchev–Trinajstić information content (AvgIpc) is 2.86. The Morgan fingerprint density at radius 3 is 2.14 bits per heavy atom. The molecule has 1 saturated heterocycles. The van der Waals surface area contributed by atoms with E-state index in [-0.39, 0.29) is 12.6 Å². The summed E-state index contributed by atoms with van der Waals surface area (Å²) in [5.74, 6) is -0.310. The first-order valence-electron chi connectivity index (χ1n) is 9.14. The van der Waals surface area contributed by atoms with Crippen molar-refractivity contribution in [2.75, 3.05) is 18.6 Å². The third-order valence-corrected chi connectivity index (χ3v) is 4.88. The molecule has 0 aromatic heterocycles. The molecule has 3 amide bonds. The topological polar surface area (TPSA) is 43.9 Å². The number of hydrogen-bond donors (Lipinski definition) is 0. The minimum absolute atomic E-state index is 0.0470. The zero-order chi connectivity index (χ0) is 21.3. The van der Waals surface area contributed by atoms with Gasteiger partial charge in [-0.3, -0.25) is 14.6 Å². The van der Waals surface area contributed by atoms with Crippen LogP contribution in [0.2, 0.25) is 0 Å². The number of halogens is 3. The molecule has 1 aliphatic rings. The largest absolute Gasteiger partial charge is 0.416 e. The first-order valence-corrected chi connectivity index (χ1v) is 9.14. The molecule has 0 bridgehead atoms. The number of alkyl halides is 3. The fourth-order valence-corrected chi connectivity index (χ4v) is 3.30. The molecule has 1 aliphatic heterocycles. The normalized spacial score (nSPS) is 17.6. The van der Waals surface area contributed by atoms with Crippen LogP contribution in [-0.2, 0) is 17.5 Å². The van der Waals surface area contributed by atoms with Crippen LogP contribution in [0, 0.1) is 6.92 Å².